The molecule has 1 saturated carbocycles. The number of hydrogen-bond acceptors (Lipinski definition) is 3. The number of nitrogens with zero attached hydrogens (tertiary/aromatic N) is 2. The van der Waals surface area contributed by atoms with Gasteiger partial charge in [-0.3, -0.25) is 9.59 Å². The Morgan fingerprint density at radius 2 is 1.89 bits per heavy atom. The molecule has 5 rings (SSSR count). The number of amides is 2. The number of halogens is 2. The molecule has 2 aromatic carbocycles. The molecule has 6 nitrogen and oxygen atoms in total. The topological polar surface area (TPSA) is 82.4 Å². The first kappa shape index (κ1) is 24.2. The van der Waals surface area contributed by atoms with Gasteiger partial charge in [0.25, 0.3) is 0 Å². The third-order valence-electron chi connectivity index (χ3n) is 7.67. The summed E-state index contributed by atoms with van der Waals surface area (Å²) in [5.74, 6) is -0.541. The zero-order valence-corrected chi connectivity index (χ0v) is 21.3. The van der Waals surface area contributed by atoms with Crippen LogP contribution < -0.4 is 5.73 Å². The summed E-state index contributed by atoms with van der Waals surface area (Å²) in [6.07, 6.45) is 5.25. The Labute approximate surface area is 215 Å². The molecular weight excluding hydrogens is 483 g/mol. The van der Waals surface area contributed by atoms with E-state index < -0.39 is 17.4 Å². The Hall–Kier alpha value is -2.54. The van der Waals surface area contributed by atoms with Crippen LogP contribution in [0.1, 0.15) is 36.8 Å². The SMILES string of the molecule is CN1CCC(N(C(=O)C2(c3ccc(Cl)cc3Cl)CC2)[C@@H](Cc2c[nH]c3ccccc23)C(N)=O)CC1. The van der Waals surface area contributed by atoms with E-state index in [2.05, 4.69) is 16.9 Å². The van der Waals surface area contributed by atoms with Gasteiger partial charge in [-0.1, -0.05) is 47.5 Å². The van der Waals surface area contributed by atoms with Crippen molar-refractivity contribution in [1.29, 1.82) is 0 Å². The first-order valence-corrected chi connectivity index (χ1v) is 12.9. The van der Waals surface area contributed by atoms with Gasteiger partial charge in [-0.15, -0.1) is 0 Å². The number of primary amides is 1. The summed E-state index contributed by atoms with van der Waals surface area (Å²) < 4.78 is 0. The van der Waals surface area contributed by atoms with E-state index in [9.17, 15) is 9.59 Å². The van der Waals surface area contributed by atoms with Crippen molar-refractivity contribution >= 4 is 45.9 Å². The molecule has 1 atom stereocenters. The van der Waals surface area contributed by atoms with Crippen LogP contribution in [0.2, 0.25) is 10.0 Å². The maximum atomic E-state index is 14.4. The van der Waals surface area contributed by atoms with E-state index in [0.717, 1.165) is 48.0 Å². The van der Waals surface area contributed by atoms with Gasteiger partial charge in [-0.2, -0.15) is 0 Å². The van der Waals surface area contributed by atoms with Gasteiger partial charge in [0.15, 0.2) is 0 Å². The van der Waals surface area contributed by atoms with Gasteiger partial charge in [-0.05, 0) is 75.1 Å². The Morgan fingerprint density at radius 1 is 1.17 bits per heavy atom. The second-order valence-electron chi connectivity index (χ2n) is 9.93. The monoisotopic (exact) mass is 512 g/mol. The smallest absolute Gasteiger partial charge is 0.240 e. The van der Waals surface area contributed by atoms with Crippen LogP contribution >= 0.6 is 23.2 Å². The standard InChI is InChI=1S/C27H30Cl2N4O2/c1-32-12-8-19(9-13-32)33(26(35)27(10-11-27)21-7-6-18(28)15-22(21)29)24(25(30)34)14-17-16-31-23-5-3-2-4-20(17)23/h2-7,15-16,19,24,31H,8-14H2,1H3,(H2,30,34)/t24-/m0/s1. The lowest BCUT2D eigenvalue weighted by Gasteiger charge is -2.42. The third kappa shape index (κ3) is 4.55. The van der Waals surface area contributed by atoms with Crippen molar-refractivity contribution in [3.8, 4) is 0 Å². The molecule has 1 aromatic heterocycles. The number of carbonyl (C=O) groups excluding carboxylic acids is 2. The number of nitrogens with two attached hydrogens (primary N) is 1. The van der Waals surface area contributed by atoms with Crippen molar-refractivity contribution in [3.05, 3.63) is 69.8 Å². The van der Waals surface area contributed by atoms with Crippen molar-refractivity contribution in [3.63, 3.8) is 0 Å². The van der Waals surface area contributed by atoms with E-state index >= 15 is 0 Å². The summed E-state index contributed by atoms with van der Waals surface area (Å²) in [5, 5.41) is 2.05. The zero-order valence-electron chi connectivity index (χ0n) is 19.8. The number of para-hydroxylation sites is 1. The molecule has 3 aromatic rings. The minimum absolute atomic E-state index is 0.0556. The Balaban J connectivity index is 1.54. The summed E-state index contributed by atoms with van der Waals surface area (Å²) in [5.41, 5.74) is 8.04. The number of rotatable bonds is 7. The number of fused-ring (bicyclic) bond motifs is 1. The van der Waals surface area contributed by atoms with Crippen LogP contribution in [0.5, 0.6) is 0 Å². The van der Waals surface area contributed by atoms with Crippen molar-refractivity contribution in [2.75, 3.05) is 20.1 Å². The highest BCUT2D eigenvalue weighted by Crippen LogP contribution is 2.53. The molecule has 2 fully saturated rings. The highest BCUT2D eigenvalue weighted by Gasteiger charge is 2.56. The third-order valence-corrected chi connectivity index (χ3v) is 8.22. The Kier molecular flexibility index (Phi) is 6.55. The van der Waals surface area contributed by atoms with E-state index in [-0.39, 0.29) is 11.9 Å². The van der Waals surface area contributed by atoms with Gasteiger partial charge in [0, 0.05) is 39.6 Å². The summed E-state index contributed by atoms with van der Waals surface area (Å²) in [4.78, 5) is 34.7. The quantitative estimate of drug-likeness (QED) is 0.487. The van der Waals surface area contributed by atoms with E-state index in [1.807, 2.05) is 41.4 Å². The number of piperidine rings is 1. The summed E-state index contributed by atoms with van der Waals surface area (Å²) in [6, 6.07) is 12.5. The number of carbonyl (C=O) groups is 2. The van der Waals surface area contributed by atoms with Gasteiger partial charge in [-0.25, -0.2) is 0 Å². The van der Waals surface area contributed by atoms with Crippen molar-refractivity contribution in [1.82, 2.24) is 14.8 Å². The molecule has 2 aliphatic rings. The minimum Gasteiger partial charge on any atom is -0.368 e. The highest BCUT2D eigenvalue weighted by atomic mass is 35.5. The molecule has 8 heteroatoms. The van der Waals surface area contributed by atoms with E-state index in [1.54, 1.807) is 12.1 Å². The van der Waals surface area contributed by atoms with Crippen molar-refractivity contribution in [2.45, 2.75) is 49.6 Å². The summed E-state index contributed by atoms with van der Waals surface area (Å²) in [6.45, 7) is 1.73. The number of likely N-dealkylation sites (tertiary alicyclic amines) is 1. The van der Waals surface area contributed by atoms with Crippen LogP contribution in [-0.2, 0) is 21.4 Å². The van der Waals surface area contributed by atoms with Crippen molar-refractivity contribution in [2.24, 2.45) is 5.73 Å². The second kappa shape index (κ2) is 9.49. The predicted octanol–water partition coefficient (Wildman–Crippen LogP) is 4.53. The van der Waals surface area contributed by atoms with Gasteiger partial charge >= 0.3 is 0 Å². The molecule has 35 heavy (non-hydrogen) atoms. The van der Waals surface area contributed by atoms with Crippen LogP contribution in [0, 0.1) is 0 Å². The van der Waals surface area contributed by atoms with Crippen LogP contribution in [0.3, 0.4) is 0 Å². The maximum absolute atomic E-state index is 14.4. The van der Waals surface area contributed by atoms with E-state index in [4.69, 9.17) is 28.9 Å². The number of benzene rings is 2. The van der Waals surface area contributed by atoms with Crippen LogP contribution in [-0.4, -0.2) is 58.8 Å². The normalized spacial score (nSPS) is 18.9. The molecule has 2 amide bonds. The van der Waals surface area contributed by atoms with Gasteiger partial charge in [0.05, 0.1) is 5.41 Å². The molecule has 2 heterocycles. The number of nitrogens with one attached hydrogen (secondary N) is 1. The lowest BCUT2D eigenvalue weighted by atomic mass is 9.89. The van der Waals surface area contributed by atoms with Crippen LogP contribution in [0.25, 0.3) is 10.9 Å². The Morgan fingerprint density at radius 3 is 2.54 bits per heavy atom. The number of H-pyrrole nitrogens is 1. The summed E-state index contributed by atoms with van der Waals surface area (Å²) in [7, 11) is 2.08. The predicted molar refractivity (Wildman–Crippen MR) is 140 cm³/mol. The average molecular weight is 513 g/mol. The average Bonchev–Trinajstić information content (AvgIpc) is 3.54. The molecule has 0 spiro atoms. The fourth-order valence-corrected chi connectivity index (χ4v) is 6.12. The molecule has 1 aliphatic heterocycles. The Bertz CT molecular complexity index is 1260. The molecule has 0 unspecified atom stereocenters. The maximum Gasteiger partial charge on any atom is 0.240 e. The lowest BCUT2D eigenvalue weighted by molar-refractivity contribution is -0.145. The van der Waals surface area contributed by atoms with Gasteiger partial charge < -0.3 is 20.5 Å². The number of aromatic nitrogens is 1. The van der Waals surface area contributed by atoms with E-state index in [0.29, 0.717) is 29.3 Å². The minimum atomic E-state index is -0.751. The molecular formula is C27H30Cl2N4O2. The molecule has 184 valence electrons. The molecule has 0 bridgehead atoms. The molecule has 1 aliphatic carbocycles. The second-order valence-corrected chi connectivity index (χ2v) is 10.8. The van der Waals surface area contributed by atoms with Gasteiger partial charge in [0.2, 0.25) is 11.8 Å². The molecule has 3 N–H and O–H groups in total. The number of hydrogen-bond donors (Lipinski definition) is 2. The summed E-state index contributed by atoms with van der Waals surface area (Å²) >= 11 is 12.7. The fourth-order valence-electron chi connectivity index (χ4n) is 5.53. The lowest BCUT2D eigenvalue weighted by Crippen LogP contribution is -2.58. The number of aromatic amines is 1. The molecule has 1 saturated heterocycles. The first-order chi connectivity index (χ1) is 16.8. The fraction of sp³-hybridized carbons (Fsp3) is 0.407. The zero-order chi connectivity index (χ0) is 24.7. The van der Waals surface area contributed by atoms with Crippen LogP contribution in [0.15, 0.2) is 48.7 Å². The van der Waals surface area contributed by atoms with E-state index in [1.165, 1.54) is 0 Å². The van der Waals surface area contributed by atoms with Gasteiger partial charge in [0.1, 0.15) is 6.04 Å². The van der Waals surface area contributed by atoms with Crippen LogP contribution in [0.4, 0.5) is 0 Å². The highest BCUT2D eigenvalue weighted by molar-refractivity contribution is 6.35. The van der Waals surface area contributed by atoms with Crippen molar-refractivity contribution < 1.29 is 9.59 Å². The molecule has 0 radical (unpaired) electrons. The largest absolute Gasteiger partial charge is 0.368 e. The first-order valence-electron chi connectivity index (χ1n) is 12.1.